The van der Waals surface area contributed by atoms with Gasteiger partial charge in [-0.25, -0.2) is 0 Å². The lowest BCUT2D eigenvalue weighted by Crippen LogP contribution is -2.34. The van der Waals surface area contributed by atoms with Crippen LogP contribution in [0.5, 0.6) is 5.75 Å². The number of likely N-dealkylation sites (tertiary alicyclic amines) is 1. The van der Waals surface area contributed by atoms with Gasteiger partial charge in [-0.15, -0.1) is 0 Å². The van der Waals surface area contributed by atoms with Crippen molar-refractivity contribution in [1.82, 2.24) is 9.47 Å². The summed E-state index contributed by atoms with van der Waals surface area (Å²) in [5.74, 6) is 0.510. The van der Waals surface area contributed by atoms with Crippen LogP contribution in [0.25, 0.3) is 0 Å². The molecule has 22 heavy (non-hydrogen) atoms. The molecule has 0 bridgehead atoms. The Morgan fingerprint density at radius 2 is 2.05 bits per heavy atom. The van der Waals surface area contributed by atoms with Crippen LogP contribution in [-0.4, -0.2) is 46.5 Å². The summed E-state index contributed by atoms with van der Waals surface area (Å²) in [6.45, 7) is 5.41. The Balaban J connectivity index is 2.30. The highest BCUT2D eigenvalue weighted by atomic mass is 16.5. The van der Waals surface area contributed by atoms with E-state index in [1.165, 1.54) is 6.07 Å². The zero-order valence-corrected chi connectivity index (χ0v) is 13.4. The zero-order chi connectivity index (χ0) is 16.1. The molecule has 1 aromatic heterocycles. The summed E-state index contributed by atoms with van der Waals surface area (Å²) in [5.41, 5.74) is 0.654. The van der Waals surface area contributed by atoms with Gasteiger partial charge in [0, 0.05) is 32.0 Å². The number of hydrogen-bond donors (Lipinski definition) is 2. The van der Waals surface area contributed by atoms with Gasteiger partial charge in [0.15, 0.2) is 5.75 Å². The Labute approximate surface area is 130 Å². The molecule has 0 unspecified atom stereocenters. The largest absolute Gasteiger partial charge is 0.503 e. The number of methoxy groups -OCH3 is 1. The highest BCUT2D eigenvalue weighted by Gasteiger charge is 2.21. The minimum absolute atomic E-state index is 0.216. The first kappa shape index (κ1) is 17.0. The second-order valence-electron chi connectivity index (χ2n) is 6.06. The van der Waals surface area contributed by atoms with Gasteiger partial charge in [-0.05, 0) is 31.8 Å². The third kappa shape index (κ3) is 3.88. The average Bonchev–Trinajstić information content (AvgIpc) is 2.52. The number of aliphatic hydroxyl groups is 1. The van der Waals surface area contributed by atoms with E-state index >= 15 is 0 Å². The highest BCUT2D eigenvalue weighted by molar-refractivity contribution is 5.30. The van der Waals surface area contributed by atoms with E-state index in [1.54, 1.807) is 11.7 Å². The van der Waals surface area contributed by atoms with Crippen LogP contribution in [0, 0.1) is 5.92 Å². The number of pyridine rings is 1. The molecular formula is C16H26N2O4. The maximum absolute atomic E-state index is 11.9. The summed E-state index contributed by atoms with van der Waals surface area (Å²) in [5, 5.41) is 19.7. The van der Waals surface area contributed by atoms with Crippen molar-refractivity contribution >= 4 is 0 Å². The standard InChI is InChI=1S/C16H26N2O4/c1-12-3-5-17(6-4-12)10-14-16(21)15(20)9-13(11-19)18(14)7-8-22-2/h9,12,19,21H,3-8,10-11H2,1-2H3. The van der Waals surface area contributed by atoms with Crippen molar-refractivity contribution in [2.45, 2.75) is 39.5 Å². The molecule has 0 spiro atoms. The first-order chi connectivity index (χ1) is 10.6. The predicted octanol–water partition coefficient (Wildman–Crippen LogP) is 0.924. The molecule has 1 fully saturated rings. The van der Waals surface area contributed by atoms with Crippen LogP contribution in [0.3, 0.4) is 0 Å². The summed E-state index contributed by atoms with van der Waals surface area (Å²) in [6.07, 6.45) is 2.26. The van der Waals surface area contributed by atoms with Gasteiger partial charge in [-0.2, -0.15) is 0 Å². The number of aromatic hydroxyl groups is 1. The van der Waals surface area contributed by atoms with E-state index in [4.69, 9.17) is 4.74 Å². The number of aliphatic hydroxyl groups excluding tert-OH is 1. The Kier molecular flexibility index (Phi) is 5.99. The van der Waals surface area contributed by atoms with Crippen LogP contribution < -0.4 is 5.43 Å². The van der Waals surface area contributed by atoms with Crippen LogP contribution in [0.15, 0.2) is 10.9 Å². The average molecular weight is 310 g/mol. The summed E-state index contributed by atoms with van der Waals surface area (Å²) >= 11 is 0. The SMILES string of the molecule is COCCn1c(CO)cc(=O)c(O)c1CN1CCC(C)CC1. The normalized spacial score (nSPS) is 17.0. The quantitative estimate of drug-likeness (QED) is 0.817. The molecule has 124 valence electrons. The number of rotatable bonds is 6. The smallest absolute Gasteiger partial charge is 0.223 e. The number of piperidine rings is 1. The lowest BCUT2D eigenvalue weighted by atomic mass is 9.99. The molecule has 0 aliphatic carbocycles. The number of aromatic nitrogens is 1. The second-order valence-corrected chi connectivity index (χ2v) is 6.06. The van der Waals surface area contributed by atoms with E-state index < -0.39 is 5.43 Å². The van der Waals surface area contributed by atoms with Crippen LogP contribution in [0.4, 0.5) is 0 Å². The predicted molar refractivity (Wildman–Crippen MR) is 83.8 cm³/mol. The fraction of sp³-hybridized carbons (Fsp3) is 0.688. The van der Waals surface area contributed by atoms with E-state index in [-0.39, 0.29) is 12.4 Å². The van der Waals surface area contributed by atoms with Gasteiger partial charge in [0.25, 0.3) is 0 Å². The van der Waals surface area contributed by atoms with Gasteiger partial charge in [0.05, 0.1) is 18.9 Å². The molecular weight excluding hydrogens is 284 g/mol. The lowest BCUT2D eigenvalue weighted by Gasteiger charge is -2.31. The van der Waals surface area contributed by atoms with Crippen molar-refractivity contribution in [3.05, 3.63) is 27.7 Å². The van der Waals surface area contributed by atoms with Crippen LogP contribution in [0.2, 0.25) is 0 Å². The minimum Gasteiger partial charge on any atom is -0.503 e. The molecule has 2 heterocycles. The Morgan fingerprint density at radius 3 is 2.64 bits per heavy atom. The zero-order valence-electron chi connectivity index (χ0n) is 13.4. The summed E-state index contributed by atoms with van der Waals surface area (Å²) in [6, 6.07) is 1.30. The van der Waals surface area contributed by atoms with Crippen molar-refractivity contribution in [2.24, 2.45) is 5.92 Å². The van der Waals surface area contributed by atoms with Gasteiger partial charge < -0.3 is 19.5 Å². The molecule has 6 heteroatoms. The van der Waals surface area contributed by atoms with E-state index in [1.807, 2.05) is 0 Å². The van der Waals surface area contributed by atoms with Gasteiger partial charge in [0.2, 0.25) is 5.43 Å². The van der Waals surface area contributed by atoms with Gasteiger partial charge >= 0.3 is 0 Å². The monoisotopic (exact) mass is 310 g/mol. The van der Waals surface area contributed by atoms with Gasteiger partial charge in [-0.3, -0.25) is 9.69 Å². The minimum atomic E-state index is -0.432. The molecule has 1 aromatic rings. The summed E-state index contributed by atoms with van der Waals surface area (Å²) in [4.78, 5) is 14.2. The molecule has 0 amide bonds. The fourth-order valence-electron chi connectivity index (χ4n) is 2.93. The van der Waals surface area contributed by atoms with Crippen molar-refractivity contribution in [1.29, 1.82) is 0 Å². The first-order valence-corrected chi connectivity index (χ1v) is 7.83. The molecule has 0 saturated carbocycles. The molecule has 1 aliphatic rings. The fourth-order valence-corrected chi connectivity index (χ4v) is 2.93. The Hall–Kier alpha value is -1.37. The van der Waals surface area contributed by atoms with Crippen LogP contribution in [0.1, 0.15) is 31.2 Å². The van der Waals surface area contributed by atoms with Gasteiger partial charge in [-0.1, -0.05) is 6.92 Å². The summed E-state index contributed by atoms with van der Waals surface area (Å²) in [7, 11) is 1.60. The van der Waals surface area contributed by atoms with E-state index in [0.29, 0.717) is 31.1 Å². The molecule has 6 nitrogen and oxygen atoms in total. The molecule has 0 radical (unpaired) electrons. The molecule has 0 aromatic carbocycles. The third-order valence-corrected chi connectivity index (χ3v) is 4.41. The summed E-state index contributed by atoms with van der Waals surface area (Å²) < 4.78 is 6.90. The second kappa shape index (κ2) is 7.76. The molecule has 0 atom stereocenters. The molecule has 2 N–H and O–H groups in total. The van der Waals surface area contributed by atoms with Crippen molar-refractivity contribution in [2.75, 3.05) is 26.8 Å². The third-order valence-electron chi connectivity index (χ3n) is 4.41. The molecule has 2 rings (SSSR count). The van der Waals surface area contributed by atoms with E-state index in [9.17, 15) is 15.0 Å². The van der Waals surface area contributed by atoms with Crippen molar-refractivity contribution in [3.63, 3.8) is 0 Å². The van der Waals surface area contributed by atoms with E-state index in [0.717, 1.165) is 31.8 Å². The Bertz CT molecular complexity index is 548. The van der Waals surface area contributed by atoms with Crippen molar-refractivity contribution < 1.29 is 14.9 Å². The van der Waals surface area contributed by atoms with Gasteiger partial charge in [0.1, 0.15) is 0 Å². The lowest BCUT2D eigenvalue weighted by molar-refractivity contribution is 0.165. The Morgan fingerprint density at radius 1 is 1.36 bits per heavy atom. The maximum atomic E-state index is 11.9. The first-order valence-electron chi connectivity index (χ1n) is 7.83. The van der Waals surface area contributed by atoms with Crippen LogP contribution >= 0.6 is 0 Å². The topological polar surface area (TPSA) is 74.9 Å². The van der Waals surface area contributed by atoms with Crippen molar-refractivity contribution in [3.8, 4) is 5.75 Å². The molecule has 1 saturated heterocycles. The number of nitrogens with zero attached hydrogens (tertiary/aromatic N) is 2. The number of hydrogen-bond acceptors (Lipinski definition) is 5. The van der Waals surface area contributed by atoms with E-state index in [2.05, 4.69) is 11.8 Å². The van der Waals surface area contributed by atoms with Crippen LogP contribution in [-0.2, 0) is 24.4 Å². The maximum Gasteiger partial charge on any atom is 0.223 e. The number of ether oxygens (including phenoxy) is 1. The highest BCUT2D eigenvalue weighted by Crippen LogP contribution is 2.22. The molecule has 1 aliphatic heterocycles.